The summed E-state index contributed by atoms with van der Waals surface area (Å²) < 4.78 is 5.15. The molecule has 0 heterocycles. The average Bonchev–Trinajstić information content (AvgIpc) is 2.26. The molecule has 0 spiro atoms. The Labute approximate surface area is 91.9 Å². The van der Waals surface area contributed by atoms with Gasteiger partial charge >= 0.3 is 0 Å². The van der Waals surface area contributed by atoms with Crippen LogP contribution in [0.1, 0.15) is 25.5 Å². The van der Waals surface area contributed by atoms with Crippen molar-refractivity contribution < 1.29 is 9.84 Å². The van der Waals surface area contributed by atoms with Crippen LogP contribution in [0.4, 0.5) is 0 Å². The van der Waals surface area contributed by atoms with Crippen LogP contribution >= 0.6 is 0 Å². The summed E-state index contributed by atoms with van der Waals surface area (Å²) in [7, 11) is 1.67. The van der Waals surface area contributed by atoms with E-state index in [-0.39, 0.29) is 5.92 Å². The fourth-order valence-electron chi connectivity index (χ4n) is 1.74. The maximum Gasteiger partial charge on any atom is 0.0842 e. The molecule has 0 saturated heterocycles. The highest BCUT2D eigenvalue weighted by Gasteiger charge is 2.23. The Hall–Kier alpha value is -0.860. The smallest absolute Gasteiger partial charge is 0.0842 e. The summed E-state index contributed by atoms with van der Waals surface area (Å²) in [4.78, 5) is 0. The molecule has 2 heteroatoms. The number of aliphatic hydroxyl groups excluding tert-OH is 1. The molecule has 1 aromatic rings. The second kappa shape index (κ2) is 5.89. The molecule has 0 saturated carbocycles. The van der Waals surface area contributed by atoms with Crippen molar-refractivity contribution in [3.63, 3.8) is 0 Å². The Morgan fingerprint density at radius 2 is 1.80 bits per heavy atom. The molecule has 1 aromatic carbocycles. The molecule has 1 rings (SSSR count). The molecule has 0 radical (unpaired) electrons. The molecule has 0 fully saturated rings. The zero-order chi connectivity index (χ0) is 11.3. The molecule has 0 amide bonds. The van der Waals surface area contributed by atoms with E-state index in [1.54, 1.807) is 7.11 Å². The standard InChI is InChI=1S/C13H20O2/c1-10(2)12(9-15-3)13(14)11-7-5-4-6-8-11/h4-8,10,12-14H,9H2,1-3H3/t12-,13+/m1/s1. The van der Waals surface area contributed by atoms with Crippen LogP contribution < -0.4 is 0 Å². The lowest BCUT2D eigenvalue weighted by molar-refractivity contribution is 0.0234. The van der Waals surface area contributed by atoms with Gasteiger partial charge in [-0.15, -0.1) is 0 Å². The predicted molar refractivity (Wildman–Crippen MR) is 61.6 cm³/mol. The van der Waals surface area contributed by atoms with Gasteiger partial charge in [0.15, 0.2) is 0 Å². The minimum absolute atomic E-state index is 0.150. The summed E-state index contributed by atoms with van der Waals surface area (Å²) in [5, 5.41) is 10.2. The van der Waals surface area contributed by atoms with E-state index in [4.69, 9.17) is 4.74 Å². The lowest BCUT2D eigenvalue weighted by Crippen LogP contribution is -2.23. The molecule has 0 aliphatic rings. The third-order valence-electron chi connectivity index (χ3n) is 2.76. The zero-order valence-corrected chi connectivity index (χ0v) is 9.68. The van der Waals surface area contributed by atoms with Gasteiger partial charge in [0.05, 0.1) is 12.7 Å². The van der Waals surface area contributed by atoms with Gasteiger partial charge < -0.3 is 9.84 Å². The van der Waals surface area contributed by atoms with Crippen LogP contribution in [0.25, 0.3) is 0 Å². The van der Waals surface area contributed by atoms with Crippen molar-refractivity contribution in [3.05, 3.63) is 35.9 Å². The highest BCUT2D eigenvalue weighted by molar-refractivity contribution is 5.18. The Morgan fingerprint density at radius 3 is 2.27 bits per heavy atom. The molecule has 0 aromatic heterocycles. The Bertz CT molecular complexity index is 269. The fourth-order valence-corrected chi connectivity index (χ4v) is 1.74. The van der Waals surface area contributed by atoms with Crippen molar-refractivity contribution in [3.8, 4) is 0 Å². The predicted octanol–water partition coefficient (Wildman–Crippen LogP) is 2.64. The van der Waals surface area contributed by atoms with Gasteiger partial charge in [0.2, 0.25) is 0 Å². The van der Waals surface area contributed by atoms with Crippen LogP contribution in [-0.2, 0) is 4.74 Å². The minimum Gasteiger partial charge on any atom is -0.388 e. The van der Waals surface area contributed by atoms with E-state index in [0.717, 1.165) is 5.56 Å². The van der Waals surface area contributed by atoms with E-state index in [1.807, 2.05) is 30.3 Å². The molecule has 84 valence electrons. The molecular weight excluding hydrogens is 188 g/mol. The number of hydrogen-bond acceptors (Lipinski definition) is 2. The summed E-state index contributed by atoms with van der Waals surface area (Å²) >= 11 is 0. The highest BCUT2D eigenvalue weighted by Crippen LogP contribution is 2.27. The summed E-state index contributed by atoms with van der Waals surface area (Å²) in [6.07, 6.45) is -0.439. The van der Waals surface area contributed by atoms with Gasteiger partial charge in [-0.05, 0) is 11.5 Å². The van der Waals surface area contributed by atoms with Crippen LogP contribution in [0.3, 0.4) is 0 Å². The van der Waals surface area contributed by atoms with Gasteiger partial charge in [0.1, 0.15) is 0 Å². The van der Waals surface area contributed by atoms with Crippen molar-refractivity contribution in [2.75, 3.05) is 13.7 Å². The van der Waals surface area contributed by atoms with Gasteiger partial charge in [-0.3, -0.25) is 0 Å². The lowest BCUT2D eigenvalue weighted by atomic mass is 9.87. The normalized spacial score (nSPS) is 15.3. The van der Waals surface area contributed by atoms with Crippen LogP contribution in [0.15, 0.2) is 30.3 Å². The van der Waals surface area contributed by atoms with Crippen LogP contribution in [0, 0.1) is 11.8 Å². The van der Waals surface area contributed by atoms with Gasteiger partial charge in [-0.25, -0.2) is 0 Å². The Balaban J connectivity index is 2.76. The number of rotatable bonds is 5. The SMILES string of the molecule is COC[C@H](C(C)C)[C@@H](O)c1ccccc1. The summed E-state index contributed by atoms with van der Waals surface area (Å²) in [6, 6.07) is 9.76. The number of hydrogen-bond donors (Lipinski definition) is 1. The minimum atomic E-state index is -0.439. The first-order valence-corrected chi connectivity index (χ1v) is 5.38. The van der Waals surface area contributed by atoms with Gasteiger partial charge in [-0.1, -0.05) is 44.2 Å². The first-order chi connectivity index (χ1) is 7.16. The third kappa shape index (κ3) is 3.33. The van der Waals surface area contributed by atoms with Crippen molar-refractivity contribution in [1.82, 2.24) is 0 Å². The van der Waals surface area contributed by atoms with Crippen LogP contribution in [0.2, 0.25) is 0 Å². The van der Waals surface area contributed by atoms with E-state index in [0.29, 0.717) is 12.5 Å². The largest absolute Gasteiger partial charge is 0.388 e. The maximum absolute atomic E-state index is 10.2. The Morgan fingerprint density at radius 1 is 1.20 bits per heavy atom. The monoisotopic (exact) mass is 208 g/mol. The van der Waals surface area contributed by atoms with E-state index in [9.17, 15) is 5.11 Å². The zero-order valence-electron chi connectivity index (χ0n) is 9.68. The first-order valence-electron chi connectivity index (χ1n) is 5.38. The number of benzene rings is 1. The molecule has 0 bridgehead atoms. The highest BCUT2D eigenvalue weighted by atomic mass is 16.5. The maximum atomic E-state index is 10.2. The lowest BCUT2D eigenvalue weighted by Gasteiger charge is -2.25. The van der Waals surface area contributed by atoms with Crippen molar-refractivity contribution in [2.45, 2.75) is 20.0 Å². The van der Waals surface area contributed by atoms with Crippen molar-refractivity contribution in [2.24, 2.45) is 11.8 Å². The third-order valence-corrected chi connectivity index (χ3v) is 2.76. The van der Waals surface area contributed by atoms with E-state index < -0.39 is 6.10 Å². The molecule has 1 N–H and O–H groups in total. The number of ether oxygens (including phenoxy) is 1. The second-order valence-electron chi connectivity index (χ2n) is 4.22. The molecule has 2 atom stereocenters. The summed E-state index contributed by atoms with van der Waals surface area (Å²) in [6.45, 7) is 4.80. The molecule has 0 aliphatic carbocycles. The van der Waals surface area contributed by atoms with E-state index in [1.165, 1.54) is 0 Å². The van der Waals surface area contributed by atoms with Crippen molar-refractivity contribution >= 4 is 0 Å². The summed E-state index contributed by atoms with van der Waals surface area (Å²) in [5.74, 6) is 0.553. The fraction of sp³-hybridized carbons (Fsp3) is 0.538. The Kier molecular flexibility index (Phi) is 4.79. The van der Waals surface area contributed by atoms with Gasteiger partial charge in [0, 0.05) is 13.0 Å². The average molecular weight is 208 g/mol. The van der Waals surface area contributed by atoms with Gasteiger partial charge in [0.25, 0.3) is 0 Å². The van der Waals surface area contributed by atoms with Crippen LogP contribution in [-0.4, -0.2) is 18.8 Å². The first kappa shape index (κ1) is 12.2. The topological polar surface area (TPSA) is 29.5 Å². The summed E-state index contributed by atoms with van der Waals surface area (Å²) in [5.41, 5.74) is 0.966. The quantitative estimate of drug-likeness (QED) is 0.806. The van der Waals surface area contributed by atoms with E-state index in [2.05, 4.69) is 13.8 Å². The molecular formula is C13H20O2. The van der Waals surface area contributed by atoms with Crippen LogP contribution in [0.5, 0.6) is 0 Å². The number of methoxy groups -OCH3 is 1. The molecule has 0 aliphatic heterocycles. The second-order valence-corrected chi connectivity index (χ2v) is 4.22. The van der Waals surface area contributed by atoms with E-state index >= 15 is 0 Å². The number of aliphatic hydroxyl groups is 1. The van der Waals surface area contributed by atoms with Crippen molar-refractivity contribution in [1.29, 1.82) is 0 Å². The molecule has 0 unspecified atom stereocenters. The molecule has 15 heavy (non-hydrogen) atoms. The molecule has 2 nitrogen and oxygen atoms in total. The van der Waals surface area contributed by atoms with Gasteiger partial charge in [-0.2, -0.15) is 0 Å².